The first-order valence-corrected chi connectivity index (χ1v) is 8.00. The van der Waals surface area contributed by atoms with Gasteiger partial charge in [0.05, 0.1) is 4.90 Å². The first kappa shape index (κ1) is 15.8. The van der Waals surface area contributed by atoms with Crippen LogP contribution in [0, 0.1) is 5.82 Å². The van der Waals surface area contributed by atoms with Crippen LogP contribution in [0.3, 0.4) is 0 Å². The summed E-state index contributed by atoms with van der Waals surface area (Å²) in [7, 11) is -2.15. The van der Waals surface area contributed by atoms with Crippen molar-refractivity contribution in [2.45, 2.75) is 11.4 Å². The molecule has 0 bridgehead atoms. The normalized spacial score (nSPS) is 11.4. The third-order valence-electron chi connectivity index (χ3n) is 2.91. The summed E-state index contributed by atoms with van der Waals surface area (Å²) in [5.74, 6) is -0.408. The molecule has 0 aromatic heterocycles. The van der Waals surface area contributed by atoms with Gasteiger partial charge in [0.2, 0.25) is 10.0 Å². The topological polar surface area (TPSA) is 58.2 Å². The van der Waals surface area contributed by atoms with Crippen LogP contribution in [0.25, 0.3) is 0 Å². The van der Waals surface area contributed by atoms with Crippen molar-refractivity contribution in [2.75, 3.05) is 12.4 Å². The Balaban J connectivity index is 2.16. The summed E-state index contributed by atoms with van der Waals surface area (Å²) in [6.07, 6.45) is 0. The van der Waals surface area contributed by atoms with Crippen LogP contribution in [0.1, 0.15) is 5.56 Å². The molecular formula is C14H14ClFN2O2S. The van der Waals surface area contributed by atoms with E-state index in [0.29, 0.717) is 16.3 Å². The van der Waals surface area contributed by atoms with Gasteiger partial charge < -0.3 is 5.32 Å². The van der Waals surface area contributed by atoms with E-state index in [-0.39, 0.29) is 11.4 Å². The van der Waals surface area contributed by atoms with E-state index in [0.717, 1.165) is 0 Å². The summed E-state index contributed by atoms with van der Waals surface area (Å²) < 4.78 is 39.3. The molecule has 2 N–H and O–H groups in total. The van der Waals surface area contributed by atoms with E-state index in [1.807, 2.05) is 0 Å². The molecule has 0 saturated carbocycles. The molecule has 7 heteroatoms. The second-order valence-electron chi connectivity index (χ2n) is 4.32. The van der Waals surface area contributed by atoms with E-state index in [1.165, 1.54) is 25.2 Å². The molecule has 2 rings (SSSR count). The van der Waals surface area contributed by atoms with E-state index in [2.05, 4.69) is 10.0 Å². The molecule has 0 atom stereocenters. The van der Waals surface area contributed by atoms with Crippen molar-refractivity contribution in [3.8, 4) is 0 Å². The predicted octanol–water partition coefficient (Wildman–Crippen LogP) is 3.00. The first-order valence-electron chi connectivity index (χ1n) is 6.14. The fourth-order valence-corrected chi connectivity index (χ4v) is 2.69. The van der Waals surface area contributed by atoms with Gasteiger partial charge in [-0.2, -0.15) is 0 Å². The summed E-state index contributed by atoms with van der Waals surface area (Å²) >= 11 is 5.69. The Labute approximate surface area is 128 Å². The van der Waals surface area contributed by atoms with Gasteiger partial charge in [-0.3, -0.25) is 0 Å². The fourth-order valence-electron chi connectivity index (χ4n) is 1.75. The molecule has 0 amide bonds. The number of sulfonamides is 1. The van der Waals surface area contributed by atoms with Crippen LogP contribution >= 0.6 is 11.6 Å². The molecule has 0 aliphatic heterocycles. The Morgan fingerprint density at radius 2 is 1.95 bits per heavy atom. The highest BCUT2D eigenvalue weighted by Gasteiger charge is 2.11. The average molecular weight is 329 g/mol. The van der Waals surface area contributed by atoms with E-state index in [9.17, 15) is 12.8 Å². The van der Waals surface area contributed by atoms with Crippen LogP contribution in [0.4, 0.5) is 10.1 Å². The maximum Gasteiger partial charge on any atom is 0.240 e. The zero-order valence-corrected chi connectivity index (χ0v) is 12.8. The Kier molecular flexibility index (Phi) is 4.82. The molecular weight excluding hydrogens is 315 g/mol. The van der Waals surface area contributed by atoms with Crippen molar-refractivity contribution >= 4 is 27.3 Å². The quantitative estimate of drug-likeness (QED) is 0.887. The second kappa shape index (κ2) is 6.43. The van der Waals surface area contributed by atoms with Crippen LogP contribution in [-0.2, 0) is 16.6 Å². The molecule has 0 saturated heterocycles. The van der Waals surface area contributed by atoms with Gasteiger partial charge >= 0.3 is 0 Å². The highest BCUT2D eigenvalue weighted by molar-refractivity contribution is 7.89. The summed E-state index contributed by atoms with van der Waals surface area (Å²) in [6, 6.07) is 10.7. The van der Waals surface area contributed by atoms with Crippen molar-refractivity contribution in [3.63, 3.8) is 0 Å². The van der Waals surface area contributed by atoms with Crippen LogP contribution in [0.5, 0.6) is 0 Å². The lowest BCUT2D eigenvalue weighted by atomic mass is 10.2. The Morgan fingerprint density at radius 3 is 2.62 bits per heavy atom. The van der Waals surface area contributed by atoms with Gasteiger partial charge in [0.25, 0.3) is 0 Å². The van der Waals surface area contributed by atoms with Gasteiger partial charge in [0.1, 0.15) is 5.82 Å². The van der Waals surface area contributed by atoms with Crippen LogP contribution in [0.15, 0.2) is 47.4 Å². The van der Waals surface area contributed by atoms with Crippen LogP contribution in [0.2, 0.25) is 5.02 Å². The van der Waals surface area contributed by atoms with E-state index in [4.69, 9.17) is 11.6 Å². The van der Waals surface area contributed by atoms with Gasteiger partial charge in [-0.05, 0) is 37.4 Å². The third kappa shape index (κ3) is 3.93. The van der Waals surface area contributed by atoms with Crippen molar-refractivity contribution < 1.29 is 12.8 Å². The van der Waals surface area contributed by atoms with E-state index < -0.39 is 15.8 Å². The molecule has 0 spiro atoms. The zero-order chi connectivity index (χ0) is 15.5. The second-order valence-corrected chi connectivity index (χ2v) is 6.65. The molecule has 4 nitrogen and oxygen atoms in total. The maximum atomic E-state index is 13.6. The maximum absolute atomic E-state index is 13.6. The summed E-state index contributed by atoms with van der Waals surface area (Å²) in [4.78, 5) is 0.145. The Morgan fingerprint density at radius 1 is 1.19 bits per heavy atom. The monoisotopic (exact) mass is 328 g/mol. The SMILES string of the molecule is CNS(=O)(=O)c1cccc(NCc2ccc(Cl)cc2F)c1. The van der Waals surface area contributed by atoms with E-state index >= 15 is 0 Å². The Bertz CT molecular complexity index is 750. The molecule has 21 heavy (non-hydrogen) atoms. The summed E-state index contributed by atoms with van der Waals surface area (Å²) in [5.41, 5.74) is 1.03. The number of nitrogens with one attached hydrogen (secondary N) is 2. The third-order valence-corrected chi connectivity index (χ3v) is 4.56. The van der Waals surface area contributed by atoms with Gasteiger partial charge in [-0.25, -0.2) is 17.5 Å². The lowest BCUT2D eigenvalue weighted by molar-refractivity contribution is 0.588. The van der Waals surface area contributed by atoms with Crippen molar-refractivity contribution in [1.29, 1.82) is 0 Å². The number of halogens is 2. The lowest BCUT2D eigenvalue weighted by Crippen LogP contribution is -2.18. The van der Waals surface area contributed by atoms with Gasteiger partial charge in [0, 0.05) is 22.8 Å². The van der Waals surface area contributed by atoms with Crippen LogP contribution in [-0.4, -0.2) is 15.5 Å². The van der Waals surface area contributed by atoms with Crippen molar-refractivity contribution in [2.24, 2.45) is 0 Å². The van der Waals surface area contributed by atoms with Gasteiger partial charge in [0.15, 0.2) is 0 Å². The minimum absolute atomic E-state index is 0.145. The fraction of sp³-hybridized carbons (Fsp3) is 0.143. The molecule has 2 aromatic rings. The average Bonchev–Trinajstić information content (AvgIpc) is 2.46. The standard InChI is InChI=1S/C14H14ClFN2O2S/c1-17-21(19,20)13-4-2-3-12(8-13)18-9-10-5-6-11(15)7-14(10)16/h2-8,17-18H,9H2,1H3. The molecule has 0 heterocycles. The van der Waals surface area contributed by atoms with E-state index in [1.54, 1.807) is 24.3 Å². The highest BCUT2D eigenvalue weighted by Crippen LogP contribution is 2.18. The minimum atomic E-state index is -3.50. The summed E-state index contributed by atoms with van der Waals surface area (Å²) in [5, 5.41) is 3.31. The van der Waals surface area contributed by atoms with Crippen molar-refractivity contribution in [3.05, 3.63) is 58.9 Å². The minimum Gasteiger partial charge on any atom is -0.381 e. The zero-order valence-electron chi connectivity index (χ0n) is 11.2. The largest absolute Gasteiger partial charge is 0.381 e. The number of rotatable bonds is 5. The molecule has 0 fully saturated rings. The first-order chi connectivity index (χ1) is 9.92. The number of benzene rings is 2. The smallest absolute Gasteiger partial charge is 0.240 e. The lowest BCUT2D eigenvalue weighted by Gasteiger charge is -2.09. The number of anilines is 1. The molecule has 0 aliphatic carbocycles. The molecule has 112 valence electrons. The predicted molar refractivity (Wildman–Crippen MR) is 81.4 cm³/mol. The summed E-state index contributed by atoms with van der Waals surface area (Å²) in [6.45, 7) is 0.228. The Hall–Kier alpha value is -1.63. The number of hydrogen-bond acceptors (Lipinski definition) is 3. The van der Waals surface area contributed by atoms with Gasteiger partial charge in [-0.15, -0.1) is 0 Å². The van der Waals surface area contributed by atoms with Crippen LogP contribution < -0.4 is 10.0 Å². The molecule has 0 unspecified atom stereocenters. The highest BCUT2D eigenvalue weighted by atomic mass is 35.5. The number of hydrogen-bond donors (Lipinski definition) is 2. The molecule has 0 radical (unpaired) electrons. The van der Waals surface area contributed by atoms with Gasteiger partial charge in [-0.1, -0.05) is 23.7 Å². The van der Waals surface area contributed by atoms with Crippen molar-refractivity contribution in [1.82, 2.24) is 4.72 Å². The molecule has 2 aromatic carbocycles. The molecule has 0 aliphatic rings.